The Hall–Kier alpha value is -2.51. The first kappa shape index (κ1) is 22.3. The standard InChI is InChI=1S/C26H32N4O2S/c1-3-17-12-20(29-8-10-32-11-9-29)14-22-24(17)28-25-18(4-2)13-21(15-23(25)33-22)30-7-5-6-19(16-30)26(27)31/h12-15,19H,3-11,16H2,1-2H3,(H-,27,31)/p+1. The minimum absolute atomic E-state index is 0.0684. The first-order valence-corrected chi connectivity index (χ1v) is 13.0. The molecule has 3 heterocycles. The first-order valence-electron chi connectivity index (χ1n) is 12.2. The number of anilines is 1. The van der Waals surface area contributed by atoms with Crippen LogP contribution in [0.2, 0.25) is 0 Å². The Morgan fingerprint density at radius 3 is 2.70 bits per heavy atom. The Kier molecular flexibility index (Phi) is 6.34. The summed E-state index contributed by atoms with van der Waals surface area (Å²) in [5, 5.41) is 1.18. The van der Waals surface area contributed by atoms with Crippen LogP contribution in [-0.4, -0.2) is 50.3 Å². The molecule has 1 aromatic carbocycles. The van der Waals surface area contributed by atoms with Crippen molar-refractivity contribution in [3.05, 3.63) is 40.7 Å². The van der Waals surface area contributed by atoms with E-state index in [-0.39, 0.29) is 11.8 Å². The average molecular weight is 466 g/mol. The molecule has 1 amide bonds. The minimum atomic E-state index is -0.186. The lowest BCUT2D eigenvalue weighted by atomic mass is 9.98. The third-order valence-corrected chi connectivity index (χ3v) is 8.11. The number of primary amides is 1. The van der Waals surface area contributed by atoms with E-state index in [9.17, 15) is 4.79 Å². The molecule has 0 aromatic heterocycles. The van der Waals surface area contributed by atoms with Gasteiger partial charge in [0.1, 0.15) is 6.54 Å². The number of aromatic nitrogens is 1. The number of ether oxygens (including phenoxy) is 1. The van der Waals surface area contributed by atoms with Gasteiger partial charge in [-0.2, -0.15) is 0 Å². The SMILES string of the molecule is CCc1cc(=[N+]2CCCC(C(N)=O)C2)cc2sc3cc(N4CCOCC4)cc(CC)c3nc1-2. The molecule has 1 atom stereocenters. The van der Waals surface area contributed by atoms with Crippen LogP contribution in [-0.2, 0) is 22.4 Å². The van der Waals surface area contributed by atoms with Gasteiger partial charge < -0.3 is 15.4 Å². The topological polar surface area (TPSA) is 71.5 Å². The quantitative estimate of drug-likeness (QED) is 0.475. The zero-order valence-electron chi connectivity index (χ0n) is 19.6. The first-order chi connectivity index (χ1) is 16.1. The third kappa shape index (κ3) is 4.36. The molecule has 5 rings (SSSR count). The van der Waals surface area contributed by atoms with E-state index in [1.807, 2.05) is 11.3 Å². The van der Waals surface area contributed by atoms with Crippen molar-refractivity contribution in [3.8, 4) is 10.6 Å². The summed E-state index contributed by atoms with van der Waals surface area (Å²) in [5.74, 6) is -0.254. The summed E-state index contributed by atoms with van der Waals surface area (Å²) in [6, 6.07) is 9.16. The Morgan fingerprint density at radius 1 is 1.18 bits per heavy atom. The number of fused-ring (bicyclic) bond motifs is 2. The van der Waals surface area contributed by atoms with E-state index >= 15 is 0 Å². The van der Waals surface area contributed by atoms with Gasteiger partial charge in [-0.3, -0.25) is 4.79 Å². The van der Waals surface area contributed by atoms with Gasteiger partial charge >= 0.3 is 0 Å². The molecule has 6 nitrogen and oxygen atoms in total. The molecule has 0 spiro atoms. The fourth-order valence-electron chi connectivity index (χ4n) is 5.11. The molecule has 1 aromatic rings. The molecule has 0 saturated carbocycles. The Morgan fingerprint density at radius 2 is 1.97 bits per heavy atom. The number of rotatable bonds is 4. The van der Waals surface area contributed by atoms with E-state index in [4.69, 9.17) is 15.5 Å². The summed E-state index contributed by atoms with van der Waals surface area (Å²) in [6.07, 6.45) is 3.77. The highest BCUT2D eigenvalue weighted by molar-refractivity contribution is 7.21. The maximum absolute atomic E-state index is 11.8. The average Bonchev–Trinajstić information content (AvgIpc) is 2.86. The summed E-state index contributed by atoms with van der Waals surface area (Å²) in [6.45, 7) is 9.50. The summed E-state index contributed by atoms with van der Waals surface area (Å²) in [4.78, 5) is 20.7. The normalized spacial score (nSPS) is 21.0. The molecule has 174 valence electrons. The molecule has 0 radical (unpaired) electrons. The number of carbonyl (C=O) groups is 1. The van der Waals surface area contributed by atoms with Crippen molar-refractivity contribution in [2.45, 2.75) is 39.5 Å². The number of nitrogens with two attached hydrogens (primary N) is 1. The van der Waals surface area contributed by atoms with Crippen LogP contribution in [0.4, 0.5) is 5.69 Å². The van der Waals surface area contributed by atoms with Gasteiger partial charge in [0.25, 0.3) is 0 Å². The number of piperidine rings is 1. The van der Waals surface area contributed by atoms with Crippen molar-refractivity contribution < 1.29 is 9.53 Å². The van der Waals surface area contributed by atoms with E-state index in [1.54, 1.807) is 0 Å². The van der Waals surface area contributed by atoms with Gasteiger partial charge in [-0.25, -0.2) is 9.56 Å². The number of carbonyl (C=O) groups excluding carboxylic acids is 1. The van der Waals surface area contributed by atoms with Crippen molar-refractivity contribution >= 4 is 33.1 Å². The van der Waals surface area contributed by atoms with E-state index in [0.717, 1.165) is 69.7 Å². The van der Waals surface area contributed by atoms with Crippen LogP contribution in [0.5, 0.6) is 0 Å². The molecule has 4 aliphatic rings. The summed E-state index contributed by atoms with van der Waals surface area (Å²) in [5.41, 5.74) is 11.7. The van der Waals surface area contributed by atoms with Gasteiger partial charge in [0, 0.05) is 37.3 Å². The van der Waals surface area contributed by atoms with E-state index < -0.39 is 0 Å². The number of morpholine rings is 1. The predicted molar refractivity (Wildman–Crippen MR) is 135 cm³/mol. The lowest BCUT2D eigenvalue weighted by Crippen LogP contribution is -2.43. The van der Waals surface area contributed by atoms with Gasteiger partial charge in [0.15, 0.2) is 6.54 Å². The summed E-state index contributed by atoms with van der Waals surface area (Å²) < 4.78 is 9.12. The van der Waals surface area contributed by atoms with Crippen molar-refractivity contribution in [1.29, 1.82) is 0 Å². The second-order valence-electron chi connectivity index (χ2n) is 9.11. The lowest BCUT2D eigenvalue weighted by Gasteiger charge is -2.29. The van der Waals surface area contributed by atoms with Gasteiger partial charge in [0.05, 0.1) is 39.9 Å². The van der Waals surface area contributed by atoms with Crippen LogP contribution in [0.15, 0.2) is 24.3 Å². The Balaban J connectivity index is 1.68. The maximum Gasteiger partial charge on any atom is 0.226 e. The number of benzene rings is 2. The van der Waals surface area contributed by atoms with Gasteiger partial charge in [0.2, 0.25) is 11.3 Å². The molecule has 7 heteroatoms. The van der Waals surface area contributed by atoms with E-state index in [0.29, 0.717) is 6.54 Å². The Labute approximate surface area is 199 Å². The Bertz CT molecular complexity index is 1230. The monoisotopic (exact) mass is 465 g/mol. The second-order valence-corrected chi connectivity index (χ2v) is 10.2. The van der Waals surface area contributed by atoms with Crippen LogP contribution < -0.4 is 20.6 Å². The number of nitrogens with zero attached hydrogens (tertiary/aromatic N) is 3. The van der Waals surface area contributed by atoms with Gasteiger partial charge in [-0.15, -0.1) is 11.3 Å². The molecule has 3 aliphatic heterocycles. The molecular formula is C26H33N4O2S+. The molecular weight excluding hydrogens is 432 g/mol. The van der Waals surface area contributed by atoms with Gasteiger partial charge in [-0.1, -0.05) is 13.8 Å². The van der Waals surface area contributed by atoms with Crippen molar-refractivity contribution in [2.75, 3.05) is 44.3 Å². The summed E-state index contributed by atoms with van der Waals surface area (Å²) in [7, 11) is 0. The molecule has 33 heavy (non-hydrogen) atoms. The molecule has 1 unspecified atom stereocenters. The second kappa shape index (κ2) is 9.39. The van der Waals surface area contributed by atoms with E-state index in [1.165, 1.54) is 31.7 Å². The lowest BCUT2D eigenvalue weighted by molar-refractivity contribution is -0.122. The number of aryl methyl sites for hydroxylation is 2. The molecule has 2 saturated heterocycles. The number of hydrogen-bond acceptors (Lipinski definition) is 5. The maximum atomic E-state index is 11.8. The number of amides is 1. The highest BCUT2D eigenvalue weighted by Gasteiger charge is 2.27. The van der Waals surface area contributed by atoms with Crippen molar-refractivity contribution in [2.24, 2.45) is 11.7 Å². The molecule has 1 aliphatic carbocycles. The van der Waals surface area contributed by atoms with Crippen LogP contribution in [0.1, 0.15) is 37.8 Å². The zero-order valence-corrected chi connectivity index (χ0v) is 20.4. The predicted octanol–water partition coefficient (Wildman–Crippen LogP) is 3.03. The molecule has 0 bridgehead atoms. The van der Waals surface area contributed by atoms with Crippen molar-refractivity contribution in [3.63, 3.8) is 0 Å². The molecule has 2 N–H and O–H groups in total. The fraction of sp³-hybridized carbons (Fsp3) is 0.500. The smallest absolute Gasteiger partial charge is 0.226 e. The number of hydrogen-bond donors (Lipinski definition) is 1. The fourth-order valence-corrected chi connectivity index (χ4v) is 6.25. The minimum Gasteiger partial charge on any atom is -0.378 e. The highest BCUT2D eigenvalue weighted by atomic mass is 32.1. The van der Waals surface area contributed by atoms with Crippen molar-refractivity contribution in [1.82, 2.24) is 9.56 Å². The van der Waals surface area contributed by atoms with Crippen LogP contribution in [0.3, 0.4) is 0 Å². The van der Waals surface area contributed by atoms with Crippen LogP contribution >= 0.6 is 11.3 Å². The third-order valence-electron chi connectivity index (χ3n) is 7.05. The molecule has 2 fully saturated rings. The zero-order chi connectivity index (χ0) is 22.9. The van der Waals surface area contributed by atoms with Crippen LogP contribution in [0.25, 0.3) is 20.8 Å². The largest absolute Gasteiger partial charge is 0.378 e. The van der Waals surface area contributed by atoms with Gasteiger partial charge in [-0.05, 0) is 42.5 Å². The van der Waals surface area contributed by atoms with Crippen LogP contribution in [0, 0.1) is 5.92 Å². The summed E-state index contributed by atoms with van der Waals surface area (Å²) >= 11 is 1.84. The van der Waals surface area contributed by atoms with E-state index in [2.05, 4.69) is 47.6 Å². The highest BCUT2D eigenvalue weighted by Crippen LogP contribution is 2.36.